The van der Waals surface area contributed by atoms with E-state index in [4.69, 9.17) is 0 Å². The average molecular weight is 314 g/mol. The molecule has 3 heterocycles. The van der Waals surface area contributed by atoms with E-state index in [9.17, 15) is 13.2 Å². The van der Waals surface area contributed by atoms with E-state index < -0.39 is 12.2 Å². The van der Waals surface area contributed by atoms with Gasteiger partial charge in [-0.25, -0.2) is 0 Å². The van der Waals surface area contributed by atoms with Crippen LogP contribution in [0.5, 0.6) is 0 Å². The van der Waals surface area contributed by atoms with Crippen LogP contribution in [0.3, 0.4) is 0 Å². The summed E-state index contributed by atoms with van der Waals surface area (Å²) in [6.45, 7) is 2.12. The molecule has 6 nitrogen and oxygen atoms in total. The summed E-state index contributed by atoms with van der Waals surface area (Å²) >= 11 is 0. The number of anilines is 1. The van der Waals surface area contributed by atoms with E-state index in [1.807, 2.05) is 0 Å². The van der Waals surface area contributed by atoms with Gasteiger partial charge in [-0.15, -0.1) is 15.3 Å². The van der Waals surface area contributed by atoms with Crippen molar-refractivity contribution in [1.29, 1.82) is 0 Å². The summed E-state index contributed by atoms with van der Waals surface area (Å²) in [6.07, 6.45) is -3.63. The highest BCUT2D eigenvalue weighted by molar-refractivity contribution is 5.44. The number of hydrogen-bond acceptors (Lipinski definition) is 5. The molecule has 0 radical (unpaired) electrons. The van der Waals surface area contributed by atoms with Crippen molar-refractivity contribution in [2.75, 3.05) is 18.9 Å². The molecule has 2 aromatic rings. The van der Waals surface area contributed by atoms with Crippen molar-refractivity contribution in [2.45, 2.75) is 38.0 Å². The summed E-state index contributed by atoms with van der Waals surface area (Å²) in [6, 6.07) is 2.12. The summed E-state index contributed by atoms with van der Waals surface area (Å²) in [5.41, 5.74) is 0.640. The largest absolute Gasteiger partial charge is 0.404 e. The van der Waals surface area contributed by atoms with Crippen molar-refractivity contribution >= 4 is 11.5 Å². The van der Waals surface area contributed by atoms with E-state index in [1.165, 1.54) is 11.9 Å². The van der Waals surface area contributed by atoms with Gasteiger partial charge in [0.2, 0.25) is 0 Å². The quantitative estimate of drug-likeness (QED) is 0.917. The molecular weight excluding hydrogens is 297 g/mol. The Morgan fingerprint density at radius 3 is 2.68 bits per heavy atom. The molecule has 1 saturated heterocycles. The lowest BCUT2D eigenvalue weighted by atomic mass is 9.98. The highest BCUT2D eigenvalue weighted by Gasteiger charge is 2.44. The summed E-state index contributed by atoms with van der Waals surface area (Å²) in [7, 11) is 1.51. The van der Waals surface area contributed by atoms with Crippen LogP contribution in [-0.4, -0.2) is 56.6 Å². The molecule has 3 rings (SSSR count). The Morgan fingerprint density at radius 1 is 1.23 bits per heavy atom. The molecule has 22 heavy (non-hydrogen) atoms. The Kier molecular flexibility index (Phi) is 3.67. The molecule has 0 unspecified atom stereocenters. The molecule has 2 aromatic heterocycles. The maximum Gasteiger partial charge on any atom is 0.404 e. The van der Waals surface area contributed by atoms with Gasteiger partial charge in [0.05, 0.1) is 0 Å². The maximum atomic E-state index is 12.8. The number of aromatic nitrogens is 4. The second kappa shape index (κ2) is 5.38. The summed E-state index contributed by atoms with van der Waals surface area (Å²) in [5.74, 6) is 1.27. The minimum atomic E-state index is -4.17. The predicted octanol–water partition coefficient (Wildman–Crippen LogP) is 1.87. The highest BCUT2D eigenvalue weighted by atomic mass is 19.4. The number of fused-ring (bicyclic) bond motifs is 1. The zero-order valence-electron chi connectivity index (χ0n) is 12.3. The van der Waals surface area contributed by atoms with Gasteiger partial charge in [0.15, 0.2) is 11.5 Å². The third kappa shape index (κ3) is 2.85. The molecule has 0 spiro atoms. The predicted molar refractivity (Wildman–Crippen MR) is 74.6 cm³/mol. The monoisotopic (exact) mass is 314 g/mol. The first-order valence-electron chi connectivity index (χ1n) is 7.07. The van der Waals surface area contributed by atoms with Gasteiger partial charge in [0.25, 0.3) is 0 Å². The van der Waals surface area contributed by atoms with Crippen LogP contribution in [0, 0.1) is 6.92 Å². The number of rotatable bonds is 2. The number of nitrogens with one attached hydrogen (secondary N) is 1. The van der Waals surface area contributed by atoms with Gasteiger partial charge in [-0.3, -0.25) is 4.90 Å². The summed E-state index contributed by atoms with van der Waals surface area (Å²) in [4.78, 5) is 1.35. The number of piperidine rings is 1. The number of likely N-dealkylation sites (tertiary alicyclic amines) is 1. The van der Waals surface area contributed by atoms with Gasteiger partial charge in [-0.05, 0) is 38.9 Å². The van der Waals surface area contributed by atoms with Gasteiger partial charge in [-0.1, -0.05) is 0 Å². The Morgan fingerprint density at radius 2 is 2.00 bits per heavy atom. The smallest absolute Gasteiger partial charge is 0.365 e. The van der Waals surface area contributed by atoms with E-state index in [2.05, 4.69) is 20.6 Å². The molecule has 0 saturated carbocycles. The first-order valence-corrected chi connectivity index (χ1v) is 7.07. The minimum absolute atomic E-state index is 0.0645. The molecular formula is C13H17F3N6. The standard InChI is InChI=1S/C13H17F3N6/c1-8-18-19-12-6-5-11(20-22(8)12)17-9-3-4-10(13(14,15)16)21(2)7-9/h5-6,9-10H,3-4,7H2,1-2H3,(H,17,20)/t9-,10+/m1/s1. The molecule has 0 aromatic carbocycles. The van der Waals surface area contributed by atoms with Crippen LogP contribution in [0.15, 0.2) is 12.1 Å². The number of hydrogen-bond donors (Lipinski definition) is 1. The number of nitrogens with zero attached hydrogens (tertiary/aromatic N) is 5. The SMILES string of the molecule is Cc1nnc2ccc(N[C@@H]3CC[C@@H](C(F)(F)F)N(C)C3)nn12. The Hall–Kier alpha value is -1.90. The van der Waals surface area contributed by atoms with Crippen molar-refractivity contribution < 1.29 is 13.2 Å². The topological polar surface area (TPSA) is 58.4 Å². The molecule has 120 valence electrons. The van der Waals surface area contributed by atoms with Crippen molar-refractivity contribution in [3.63, 3.8) is 0 Å². The maximum absolute atomic E-state index is 12.8. The third-order valence-electron chi connectivity index (χ3n) is 3.98. The Balaban J connectivity index is 1.69. The molecule has 1 fully saturated rings. The van der Waals surface area contributed by atoms with Crippen LogP contribution < -0.4 is 5.32 Å². The van der Waals surface area contributed by atoms with Gasteiger partial charge in [-0.2, -0.15) is 17.7 Å². The van der Waals surface area contributed by atoms with Gasteiger partial charge < -0.3 is 5.32 Å². The molecule has 0 bridgehead atoms. The Bertz CT molecular complexity index is 667. The number of aryl methyl sites for hydroxylation is 1. The Labute approximate surface area is 125 Å². The van der Waals surface area contributed by atoms with Crippen molar-refractivity contribution in [3.05, 3.63) is 18.0 Å². The van der Waals surface area contributed by atoms with Crippen LogP contribution in [-0.2, 0) is 0 Å². The highest BCUT2D eigenvalue weighted by Crippen LogP contribution is 2.31. The molecule has 2 atom stereocenters. The molecule has 9 heteroatoms. The van der Waals surface area contributed by atoms with Gasteiger partial charge in [0, 0.05) is 12.6 Å². The molecule has 0 amide bonds. The lowest BCUT2D eigenvalue weighted by molar-refractivity contribution is -0.187. The van der Waals surface area contributed by atoms with Crippen LogP contribution >= 0.6 is 0 Å². The van der Waals surface area contributed by atoms with E-state index >= 15 is 0 Å². The van der Waals surface area contributed by atoms with E-state index in [0.29, 0.717) is 30.3 Å². The van der Waals surface area contributed by atoms with E-state index in [0.717, 1.165) is 0 Å². The van der Waals surface area contributed by atoms with Crippen LogP contribution in [0.25, 0.3) is 5.65 Å². The fraction of sp³-hybridized carbons (Fsp3) is 0.615. The number of halogens is 3. The molecule has 0 aliphatic carbocycles. The summed E-state index contributed by atoms with van der Waals surface area (Å²) in [5, 5.41) is 15.4. The fourth-order valence-corrected chi connectivity index (χ4v) is 2.86. The van der Waals surface area contributed by atoms with Crippen molar-refractivity contribution in [3.8, 4) is 0 Å². The van der Waals surface area contributed by atoms with Crippen LogP contribution in [0.2, 0.25) is 0 Å². The van der Waals surface area contributed by atoms with Crippen LogP contribution in [0.4, 0.5) is 19.0 Å². The first-order chi connectivity index (χ1) is 10.3. The van der Waals surface area contributed by atoms with E-state index in [-0.39, 0.29) is 12.5 Å². The van der Waals surface area contributed by atoms with Crippen LogP contribution in [0.1, 0.15) is 18.7 Å². The second-order valence-electron chi connectivity index (χ2n) is 5.65. The van der Waals surface area contributed by atoms with Gasteiger partial charge >= 0.3 is 6.18 Å². The first kappa shape index (κ1) is 15.0. The van der Waals surface area contributed by atoms with Crippen molar-refractivity contribution in [1.82, 2.24) is 24.7 Å². The molecule has 1 aliphatic heterocycles. The lowest BCUT2D eigenvalue weighted by Crippen LogP contribution is -2.52. The molecule has 1 aliphatic rings. The fourth-order valence-electron chi connectivity index (χ4n) is 2.86. The molecule has 1 N–H and O–H groups in total. The van der Waals surface area contributed by atoms with E-state index in [1.54, 1.807) is 23.6 Å². The summed E-state index contributed by atoms with van der Waals surface area (Å²) < 4.78 is 40.1. The number of alkyl halides is 3. The third-order valence-corrected chi connectivity index (χ3v) is 3.98. The zero-order chi connectivity index (χ0) is 15.9. The minimum Gasteiger partial charge on any atom is -0.365 e. The van der Waals surface area contributed by atoms with Crippen molar-refractivity contribution in [2.24, 2.45) is 0 Å². The second-order valence-corrected chi connectivity index (χ2v) is 5.65. The number of likely N-dealkylation sites (N-methyl/N-ethyl adjacent to an activating group) is 1. The normalized spacial score (nSPS) is 23.9. The zero-order valence-corrected chi connectivity index (χ0v) is 12.3. The van der Waals surface area contributed by atoms with Gasteiger partial charge in [0.1, 0.15) is 11.9 Å². The average Bonchev–Trinajstić information content (AvgIpc) is 2.79. The lowest BCUT2D eigenvalue weighted by Gasteiger charge is -2.38.